The van der Waals surface area contributed by atoms with Gasteiger partial charge in [0.15, 0.2) is 0 Å². The summed E-state index contributed by atoms with van der Waals surface area (Å²) in [5, 5.41) is 0. The van der Waals surface area contributed by atoms with E-state index in [1.165, 1.54) is 13.4 Å². The first-order valence-corrected chi connectivity index (χ1v) is 1.73. The van der Waals surface area contributed by atoms with Gasteiger partial charge < -0.3 is 4.74 Å². The zero-order valence-corrected chi connectivity index (χ0v) is 3.93. The molecule has 0 aromatic rings. The molecule has 0 saturated carbocycles. The number of rotatable bonds is 2. The molecule has 7 heavy (non-hydrogen) atoms. The molecule has 0 saturated heterocycles. The van der Waals surface area contributed by atoms with Crippen LogP contribution in [0.4, 0.5) is 0 Å². The second-order valence-corrected chi connectivity index (χ2v) is 0.897. The van der Waals surface area contributed by atoms with Gasteiger partial charge in [0.25, 0.3) is 0 Å². The van der Waals surface area contributed by atoms with E-state index >= 15 is 0 Å². The Morgan fingerprint density at radius 3 is 2.57 bits per heavy atom. The largest absolute Gasteiger partial charge is 0.469 e. The lowest BCUT2D eigenvalue weighted by atomic mass is 10.5. The molecule has 3 heteroatoms. The molecule has 0 atom stereocenters. The molecule has 0 aromatic heterocycles. The smallest absolute Gasteiger partial charge is 0.313 e. The molecule has 0 amide bonds. The van der Waals surface area contributed by atoms with Gasteiger partial charge in [-0.25, -0.2) is 0 Å². The van der Waals surface area contributed by atoms with E-state index in [1.807, 2.05) is 0 Å². The molecule has 0 aromatic carbocycles. The first-order valence-electron chi connectivity index (χ1n) is 1.73. The summed E-state index contributed by atoms with van der Waals surface area (Å²) in [5.41, 5.74) is 0. The third-order valence-corrected chi connectivity index (χ3v) is 0.444. The SMILES string of the molecule is COC(=O)C[C]=O. The topological polar surface area (TPSA) is 43.4 Å². The van der Waals surface area contributed by atoms with Crippen molar-refractivity contribution in [1.29, 1.82) is 0 Å². The van der Waals surface area contributed by atoms with Gasteiger partial charge in [-0.2, -0.15) is 0 Å². The Balaban J connectivity index is 3.17. The lowest BCUT2D eigenvalue weighted by molar-refractivity contribution is -0.139. The van der Waals surface area contributed by atoms with Crippen molar-refractivity contribution < 1.29 is 14.3 Å². The maximum Gasteiger partial charge on any atom is 0.313 e. The lowest BCUT2D eigenvalue weighted by Crippen LogP contribution is -1.98. The molecule has 0 heterocycles. The van der Waals surface area contributed by atoms with Gasteiger partial charge in [-0.15, -0.1) is 0 Å². The van der Waals surface area contributed by atoms with Crippen LogP contribution in [0, 0.1) is 0 Å². The average Bonchev–Trinajstić information content (AvgIpc) is 1.68. The van der Waals surface area contributed by atoms with Gasteiger partial charge in [-0.3, -0.25) is 9.59 Å². The van der Waals surface area contributed by atoms with Gasteiger partial charge in [0.2, 0.25) is 6.29 Å². The number of carbonyl (C=O) groups excluding carboxylic acids is 2. The van der Waals surface area contributed by atoms with Crippen LogP contribution in [0.2, 0.25) is 0 Å². The average molecular weight is 101 g/mol. The summed E-state index contributed by atoms with van der Waals surface area (Å²) in [4.78, 5) is 19.3. The zero-order valence-electron chi connectivity index (χ0n) is 3.93. The monoisotopic (exact) mass is 101 g/mol. The van der Waals surface area contributed by atoms with E-state index in [0.717, 1.165) is 0 Å². The van der Waals surface area contributed by atoms with Crippen molar-refractivity contribution in [2.75, 3.05) is 7.11 Å². The Morgan fingerprint density at radius 1 is 1.86 bits per heavy atom. The van der Waals surface area contributed by atoms with Crippen LogP contribution in [0.15, 0.2) is 0 Å². The van der Waals surface area contributed by atoms with Crippen molar-refractivity contribution in [2.45, 2.75) is 6.42 Å². The highest BCUT2D eigenvalue weighted by Crippen LogP contribution is 1.74. The summed E-state index contributed by atoms with van der Waals surface area (Å²) >= 11 is 0. The second kappa shape index (κ2) is 3.33. The van der Waals surface area contributed by atoms with Crippen LogP contribution >= 0.6 is 0 Å². The summed E-state index contributed by atoms with van der Waals surface area (Å²) < 4.78 is 4.09. The maximum absolute atomic E-state index is 9.93. The van der Waals surface area contributed by atoms with E-state index in [1.54, 1.807) is 0 Å². The molecule has 1 radical (unpaired) electrons. The fraction of sp³-hybridized carbons (Fsp3) is 0.500. The second-order valence-electron chi connectivity index (χ2n) is 0.897. The van der Waals surface area contributed by atoms with Gasteiger partial charge in [0, 0.05) is 0 Å². The Bertz CT molecular complexity index is 77.0. The third kappa shape index (κ3) is 2.96. The van der Waals surface area contributed by atoms with Gasteiger partial charge >= 0.3 is 5.97 Å². The molecule has 3 nitrogen and oxygen atoms in total. The summed E-state index contributed by atoms with van der Waals surface area (Å²) in [7, 11) is 1.22. The fourth-order valence-corrected chi connectivity index (χ4v) is 0.131. The predicted molar refractivity (Wildman–Crippen MR) is 22.3 cm³/mol. The summed E-state index contributed by atoms with van der Waals surface area (Å²) in [6.45, 7) is 0. The van der Waals surface area contributed by atoms with Crippen LogP contribution in [-0.2, 0) is 14.3 Å². The Kier molecular flexibility index (Phi) is 2.92. The zero-order chi connectivity index (χ0) is 5.70. The van der Waals surface area contributed by atoms with Crippen molar-refractivity contribution >= 4 is 12.3 Å². The number of hydrogen-bond acceptors (Lipinski definition) is 3. The highest BCUT2D eigenvalue weighted by atomic mass is 16.5. The quantitative estimate of drug-likeness (QED) is 0.353. The molecule has 0 fully saturated rings. The summed E-state index contributed by atoms with van der Waals surface area (Å²) in [6.07, 6.45) is 1.13. The summed E-state index contributed by atoms with van der Waals surface area (Å²) in [5.74, 6) is -0.546. The molecule has 39 valence electrons. The number of carbonyl (C=O) groups is 1. The molecule has 0 bridgehead atoms. The van der Waals surface area contributed by atoms with E-state index in [2.05, 4.69) is 4.74 Å². The molecule has 0 rings (SSSR count). The van der Waals surface area contributed by atoms with E-state index < -0.39 is 5.97 Å². The molecule has 0 N–H and O–H groups in total. The van der Waals surface area contributed by atoms with Crippen LogP contribution in [-0.4, -0.2) is 19.4 Å². The van der Waals surface area contributed by atoms with Crippen LogP contribution in [0.1, 0.15) is 6.42 Å². The Hall–Kier alpha value is -0.860. The fourth-order valence-electron chi connectivity index (χ4n) is 0.131. The van der Waals surface area contributed by atoms with Crippen LogP contribution in [0.3, 0.4) is 0 Å². The third-order valence-electron chi connectivity index (χ3n) is 0.444. The minimum Gasteiger partial charge on any atom is -0.469 e. The van der Waals surface area contributed by atoms with Crippen molar-refractivity contribution in [3.8, 4) is 0 Å². The number of hydrogen-bond donors (Lipinski definition) is 0. The number of methoxy groups -OCH3 is 1. The van der Waals surface area contributed by atoms with Crippen molar-refractivity contribution in [3.63, 3.8) is 0 Å². The maximum atomic E-state index is 9.93. The van der Waals surface area contributed by atoms with Gasteiger partial charge in [0.1, 0.15) is 6.42 Å². The summed E-state index contributed by atoms with van der Waals surface area (Å²) in [6, 6.07) is 0. The van der Waals surface area contributed by atoms with Crippen molar-refractivity contribution in [3.05, 3.63) is 0 Å². The van der Waals surface area contributed by atoms with Crippen LogP contribution < -0.4 is 0 Å². The van der Waals surface area contributed by atoms with Crippen LogP contribution in [0.5, 0.6) is 0 Å². The first kappa shape index (κ1) is 6.14. The van der Waals surface area contributed by atoms with E-state index in [4.69, 9.17) is 0 Å². The lowest BCUT2D eigenvalue weighted by Gasteiger charge is -1.86. The molecular formula is C4H5O3. The van der Waals surface area contributed by atoms with Gasteiger partial charge in [-0.05, 0) is 0 Å². The number of esters is 1. The molecule has 0 aliphatic rings. The minimum absolute atomic E-state index is 0.267. The molecule has 0 aliphatic heterocycles. The highest BCUT2D eigenvalue weighted by Gasteiger charge is 1.94. The molecular weight excluding hydrogens is 96.0 g/mol. The molecule has 0 spiro atoms. The molecule has 0 unspecified atom stereocenters. The van der Waals surface area contributed by atoms with Crippen molar-refractivity contribution in [2.24, 2.45) is 0 Å². The minimum atomic E-state index is -0.546. The van der Waals surface area contributed by atoms with Gasteiger partial charge in [-0.1, -0.05) is 0 Å². The standard InChI is InChI=1S/C4H5O3/c1-7-4(6)2-3-5/h2H2,1H3. The molecule has 0 aliphatic carbocycles. The van der Waals surface area contributed by atoms with Crippen LogP contribution in [0.25, 0.3) is 0 Å². The Morgan fingerprint density at radius 2 is 2.43 bits per heavy atom. The first-order chi connectivity index (χ1) is 3.31. The van der Waals surface area contributed by atoms with E-state index in [9.17, 15) is 9.59 Å². The highest BCUT2D eigenvalue weighted by molar-refractivity contribution is 5.83. The normalized spacial score (nSPS) is 7.57. The Labute approximate surface area is 41.3 Å². The van der Waals surface area contributed by atoms with E-state index in [0.29, 0.717) is 0 Å². The van der Waals surface area contributed by atoms with Gasteiger partial charge in [0.05, 0.1) is 7.11 Å². The van der Waals surface area contributed by atoms with Crippen molar-refractivity contribution in [1.82, 2.24) is 0 Å². The predicted octanol–water partition coefficient (Wildman–Crippen LogP) is -0.341. The van der Waals surface area contributed by atoms with E-state index in [-0.39, 0.29) is 6.42 Å². The number of ether oxygens (including phenoxy) is 1.